The highest BCUT2D eigenvalue weighted by molar-refractivity contribution is 7.92. The SMILES string of the molecule is O=S(=O)(Nc1ccc(NC2CC2)cc1)c1ccc(F)cc1. The maximum Gasteiger partial charge on any atom is 0.261 e. The van der Waals surface area contributed by atoms with E-state index in [4.69, 9.17) is 0 Å². The van der Waals surface area contributed by atoms with Gasteiger partial charge in [0, 0.05) is 17.4 Å². The second-order valence-corrected chi connectivity index (χ2v) is 6.74. The summed E-state index contributed by atoms with van der Waals surface area (Å²) in [5.74, 6) is -0.468. The van der Waals surface area contributed by atoms with Gasteiger partial charge in [-0.25, -0.2) is 12.8 Å². The summed E-state index contributed by atoms with van der Waals surface area (Å²) >= 11 is 0. The van der Waals surface area contributed by atoms with Gasteiger partial charge in [0.25, 0.3) is 10.0 Å². The van der Waals surface area contributed by atoms with Crippen molar-refractivity contribution in [2.75, 3.05) is 10.0 Å². The molecule has 2 aromatic rings. The van der Waals surface area contributed by atoms with Crippen molar-refractivity contribution in [3.05, 3.63) is 54.3 Å². The van der Waals surface area contributed by atoms with E-state index in [9.17, 15) is 12.8 Å². The molecule has 0 atom stereocenters. The van der Waals surface area contributed by atoms with Crippen molar-refractivity contribution in [3.63, 3.8) is 0 Å². The van der Waals surface area contributed by atoms with E-state index in [-0.39, 0.29) is 4.90 Å². The second kappa shape index (κ2) is 5.37. The topological polar surface area (TPSA) is 58.2 Å². The van der Waals surface area contributed by atoms with Crippen molar-refractivity contribution < 1.29 is 12.8 Å². The van der Waals surface area contributed by atoms with Crippen LogP contribution in [0.25, 0.3) is 0 Å². The molecular formula is C15H15FN2O2S. The van der Waals surface area contributed by atoms with Crippen LogP contribution in [0.1, 0.15) is 12.8 Å². The average Bonchev–Trinajstić information content (AvgIpc) is 3.25. The zero-order chi connectivity index (χ0) is 14.9. The molecule has 2 aromatic carbocycles. The Morgan fingerprint density at radius 2 is 1.48 bits per heavy atom. The third-order valence-electron chi connectivity index (χ3n) is 3.21. The predicted octanol–water partition coefficient (Wildman–Crippen LogP) is 3.20. The van der Waals surface area contributed by atoms with E-state index in [1.807, 2.05) is 12.1 Å². The lowest BCUT2D eigenvalue weighted by Crippen LogP contribution is -2.13. The van der Waals surface area contributed by atoms with Gasteiger partial charge >= 0.3 is 0 Å². The molecule has 1 aliphatic carbocycles. The number of halogens is 1. The summed E-state index contributed by atoms with van der Waals surface area (Å²) in [4.78, 5) is 0.0316. The minimum Gasteiger partial charge on any atom is -0.382 e. The van der Waals surface area contributed by atoms with Crippen LogP contribution in [0.5, 0.6) is 0 Å². The lowest BCUT2D eigenvalue weighted by Gasteiger charge is -2.09. The fraction of sp³-hybridized carbons (Fsp3) is 0.200. The molecule has 21 heavy (non-hydrogen) atoms. The first-order valence-corrected chi connectivity index (χ1v) is 8.16. The maximum atomic E-state index is 12.8. The summed E-state index contributed by atoms with van der Waals surface area (Å²) in [6.07, 6.45) is 2.36. The van der Waals surface area contributed by atoms with Gasteiger partial charge in [-0.2, -0.15) is 0 Å². The van der Waals surface area contributed by atoms with Crippen LogP contribution in [0, 0.1) is 5.82 Å². The van der Waals surface area contributed by atoms with E-state index >= 15 is 0 Å². The van der Waals surface area contributed by atoms with E-state index in [0.717, 1.165) is 17.8 Å². The lowest BCUT2D eigenvalue weighted by atomic mass is 10.3. The van der Waals surface area contributed by atoms with Crippen LogP contribution in [0.15, 0.2) is 53.4 Å². The average molecular weight is 306 g/mol. The second-order valence-electron chi connectivity index (χ2n) is 5.06. The van der Waals surface area contributed by atoms with Crippen LogP contribution >= 0.6 is 0 Å². The van der Waals surface area contributed by atoms with Gasteiger partial charge in [0.15, 0.2) is 0 Å². The normalized spacial score (nSPS) is 14.7. The lowest BCUT2D eigenvalue weighted by molar-refractivity contribution is 0.599. The Balaban J connectivity index is 1.73. The van der Waals surface area contributed by atoms with Gasteiger partial charge in [-0.05, 0) is 61.4 Å². The minimum absolute atomic E-state index is 0.0316. The number of anilines is 2. The van der Waals surface area contributed by atoms with Crippen molar-refractivity contribution in [2.45, 2.75) is 23.8 Å². The van der Waals surface area contributed by atoms with E-state index in [2.05, 4.69) is 10.0 Å². The zero-order valence-corrected chi connectivity index (χ0v) is 12.0. The molecule has 0 heterocycles. The number of nitrogens with one attached hydrogen (secondary N) is 2. The van der Waals surface area contributed by atoms with Crippen LogP contribution in [0.3, 0.4) is 0 Å². The number of benzene rings is 2. The van der Waals surface area contributed by atoms with E-state index in [0.29, 0.717) is 11.7 Å². The molecule has 0 aliphatic heterocycles. The monoisotopic (exact) mass is 306 g/mol. The minimum atomic E-state index is -3.69. The van der Waals surface area contributed by atoms with Crippen molar-refractivity contribution in [2.24, 2.45) is 0 Å². The molecule has 0 unspecified atom stereocenters. The van der Waals surface area contributed by atoms with Crippen molar-refractivity contribution in [1.82, 2.24) is 0 Å². The van der Waals surface area contributed by atoms with Crippen molar-refractivity contribution in [1.29, 1.82) is 0 Å². The molecule has 0 bridgehead atoms. The fourth-order valence-electron chi connectivity index (χ4n) is 1.93. The summed E-state index contributed by atoms with van der Waals surface area (Å²) in [7, 11) is -3.69. The summed E-state index contributed by atoms with van der Waals surface area (Å²) in [6.45, 7) is 0. The summed E-state index contributed by atoms with van der Waals surface area (Å²) in [6, 6.07) is 12.3. The first-order chi connectivity index (χ1) is 10.0. The van der Waals surface area contributed by atoms with Gasteiger partial charge in [0.05, 0.1) is 4.90 Å². The number of hydrogen-bond donors (Lipinski definition) is 2. The number of sulfonamides is 1. The molecule has 110 valence electrons. The quantitative estimate of drug-likeness (QED) is 0.892. The Morgan fingerprint density at radius 3 is 2.05 bits per heavy atom. The molecule has 1 fully saturated rings. The standard InChI is InChI=1S/C15H15FN2O2S/c16-11-1-9-15(10-2-11)21(19,20)18-14-7-5-13(6-8-14)17-12-3-4-12/h1-2,5-10,12,17-18H,3-4H2. The Labute approximate surface area is 123 Å². The van der Waals surface area contributed by atoms with Crippen LogP contribution in [-0.4, -0.2) is 14.5 Å². The highest BCUT2D eigenvalue weighted by Crippen LogP contribution is 2.25. The molecule has 0 radical (unpaired) electrons. The van der Waals surface area contributed by atoms with Gasteiger partial charge in [-0.3, -0.25) is 4.72 Å². The van der Waals surface area contributed by atoms with Crippen molar-refractivity contribution in [3.8, 4) is 0 Å². The Bertz CT molecular complexity index is 723. The van der Waals surface area contributed by atoms with Gasteiger partial charge in [0.1, 0.15) is 5.82 Å². The predicted molar refractivity (Wildman–Crippen MR) is 80.3 cm³/mol. The number of hydrogen-bond acceptors (Lipinski definition) is 3. The van der Waals surface area contributed by atoms with Crippen LogP contribution in [0.4, 0.5) is 15.8 Å². The maximum absolute atomic E-state index is 12.8. The highest BCUT2D eigenvalue weighted by atomic mass is 32.2. The largest absolute Gasteiger partial charge is 0.382 e. The Morgan fingerprint density at radius 1 is 0.905 bits per heavy atom. The van der Waals surface area contributed by atoms with Crippen LogP contribution < -0.4 is 10.0 Å². The van der Waals surface area contributed by atoms with Gasteiger partial charge < -0.3 is 5.32 Å². The van der Waals surface area contributed by atoms with Gasteiger partial charge in [-0.15, -0.1) is 0 Å². The molecule has 2 N–H and O–H groups in total. The summed E-state index contributed by atoms with van der Waals surface area (Å²) < 4.78 is 39.6. The molecule has 0 amide bonds. The number of rotatable bonds is 5. The van der Waals surface area contributed by atoms with Crippen LogP contribution in [-0.2, 0) is 10.0 Å². The highest BCUT2D eigenvalue weighted by Gasteiger charge is 2.20. The van der Waals surface area contributed by atoms with E-state index < -0.39 is 15.8 Å². The Hall–Kier alpha value is -2.08. The third kappa shape index (κ3) is 3.52. The van der Waals surface area contributed by atoms with Gasteiger partial charge in [0.2, 0.25) is 0 Å². The fourth-order valence-corrected chi connectivity index (χ4v) is 2.98. The molecular weight excluding hydrogens is 291 g/mol. The summed E-state index contributed by atoms with van der Waals surface area (Å²) in [5, 5.41) is 3.32. The zero-order valence-electron chi connectivity index (χ0n) is 11.2. The van der Waals surface area contributed by atoms with E-state index in [1.165, 1.54) is 25.0 Å². The first kappa shape index (κ1) is 13.9. The smallest absolute Gasteiger partial charge is 0.261 e. The molecule has 1 aliphatic rings. The molecule has 3 rings (SSSR count). The first-order valence-electron chi connectivity index (χ1n) is 6.68. The Kier molecular flexibility index (Phi) is 3.55. The summed E-state index contributed by atoms with van der Waals surface area (Å²) in [5.41, 5.74) is 1.45. The molecule has 0 saturated heterocycles. The van der Waals surface area contributed by atoms with E-state index in [1.54, 1.807) is 12.1 Å². The molecule has 1 saturated carbocycles. The van der Waals surface area contributed by atoms with Gasteiger partial charge in [-0.1, -0.05) is 0 Å². The molecule has 6 heteroatoms. The van der Waals surface area contributed by atoms with Crippen molar-refractivity contribution >= 4 is 21.4 Å². The molecule has 0 spiro atoms. The third-order valence-corrected chi connectivity index (χ3v) is 4.61. The van der Waals surface area contributed by atoms with Crippen LogP contribution in [0.2, 0.25) is 0 Å². The molecule has 4 nitrogen and oxygen atoms in total. The molecule has 0 aromatic heterocycles.